The predicted octanol–water partition coefficient (Wildman–Crippen LogP) is 3.05. The Labute approximate surface area is 155 Å². The van der Waals surface area contributed by atoms with E-state index in [1.165, 1.54) is 0 Å². The monoisotopic (exact) mass is 384 g/mol. The summed E-state index contributed by atoms with van der Waals surface area (Å²) < 4.78 is 27.3. The molecule has 1 aromatic heterocycles. The average Bonchev–Trinajstić information content (AvgIpc) is 3.02. The molecule has 0 radical (unpaired) electrons. The number of aryl methyl sites for hydroxylation is 2. The molecule has 132 valence electrons. The van der Waals surface area contributed by atoms with Crippen molar-refractivity contribution < 1.29 is 8.42 Å². The first kappa shape index (κ1) is 17.0. The highest BCUT2D eigenvalue weighted by Crippen LogP contribution is 2.36. The lowest BCUT2D eigenvalue weighted by molar-refractivity contribution is 0.597. The van der Waals surface area contributed by atoms with Crippen molar-refractivity contribution in [1.82, 2.24) is 14.9 Å². The molecule has 0 N–H and O–H groups in total. The van der Waals surface area contributed by atoms with Gasteiger partial charge < -0.3 is 0 Å². The topological polar surface area (TPSA) is 77.2 Å². The number of hydrogen-bond donors (Lipinski definition) is 0. The quantitative estimate of drug-likeness (QED) is 0.694. The molecule has 1 atom stereocenters. The molecule has 1 aliphatic rings. The highest BCUT2D eigenvalue weighted by molar-refractivity contribution is 8.14. The van der Waals surface area contributed by atoms with Gasteiger partial charge in [0.05, 0.1) is 10.6 Å². The minimum absolute atomic E-state index is 0.266. The van der Waals surface area contributed by atoms with Crippen LogP contribution in [-0.4, -0.2) is 33.6 Å². The third-order valence-electron chi connectivity index (χ3n) is 4.11. The van der Waals surface area contributed by atoms with E-state index in [1.54, 1.807) is 41.9 Å². The van der Waals surface area contributed by atoms with Gasteiger partial charge in [-0.2, -0.15) is 9.78 Å². The van der Waals surface area contributed by atoms with Gasteiger partial charge in [0, 0.05) is 5.56 Å². The van der Waals surface area contributed by atoms with Crippen LogP contribution in [0.1, 0.15) is 17.0 Å². The summed E-state index contributed by atoms with van der Waals surface area (Å²) in [5, 5.41) is 13.1. The summed E-state index contributed by atoms with van der Waals surface area (Å²) in [4.78, 5) is 0.266. The van der Waals surface area contributed by atoms with Gasteiger partial charge in [-0.05, 0) is 26.0 Å². The molecule has 1 aliphatic heterocycles. The second kappa shape index (κ2) is 6.37. The normalized spacial score (nSPS) is 16.8. The zero-order chi connectivity index (χ0) is 18.3. The Kier molecular flexibility index (Phi) is 4.16. The molecule has 8 heteroatoms. The van der Waals surface area contributed by atoms with Crippen molar-refractivity contribution in [2.75, 3.05) is 0 Å². The number of rotatable bonds is 3. The summed E-state index contributed by atoms with van der Waals surface area (Å²) in [6.07, 6.45) is 0. The summed E-state index contributed by atoms with van der Waals surface area (Å²) in [5.41, 5.74) is 2.35. The molecule has 0 saturated carbocycles. The van der Waals surface area contributed by atoms with Gasteiger partial charge in [0.1, 0.15) is 0 Å². The SMILES string of the molecule is Cc1ccc(C2=Nn3c(C)nnc3SC2S(=O)(=O)c2ccccc2)cc1. The van der Waals surface area contributed by atoms with Gasteiger partial charge >= 0.3 is 0 Å². The van der Waals surface area contributed by atoms with Crippen molar-refractivity contribution in [3.8, 4) is 0 Å². The number of nitrogens with zero attached hydrogens (tertiary/aromatic N) is 4. The van der Waals surface area contributed by atoms with Gasteiger partial charge in [-0.1, -0.05) is 59.8 Å². The second-order valence-corrected chi connectivity index (χ2v) is 9.40. The lowest BCUT2D eigenvalue weighted by Crippen LogP contribution is -2.32. The molecule has 2 heterocycles. The Morgan fingerprint density at radius 1 is 0.962 bits per heavy atom. The van der Waals surface area contributed by atoms with E-state index in [9.17, 15) is 8.42 Å². The Hall–Kier alpha value is -2.45. The van der Waals surface area contributed by atoms with Crippen LogP contribution in [-0.2, 0) is 9.84 Å². The number of benzene rings is 2. The molecular formula is C18H16N4O2S2. The fourth-order valence-corrected chi connectivity index (χ4v) is 5.90. The molecule has 6 nitrogen and oxygen atoms in total. The van der Waals surface area contributed by atoms with E-state index in [1.807, 2.05) is 31.2 Å². The number of fused-ring (bicyclic) bond motifs is 1. The van der Waals surface area contributed by atoms with Crippen LogP contribution in [0.3, 0.4) is 0 Å². The first-order valence-electron chi connectivity index (χ1n) is 8.00. The van der Waals surface area contributed by atoms with Crippen LogP contribution in [0.2, 0.25) is 0 Å². The summed E-state index contributed by atoms with van der Waals surface area (Å²) in [6.45, 7) is 3.78. The average molecular weight is 384 g/mol. The van der Waals surface area contributed by atoms with Crippen molar-refractivity contribution in [2.45, 2.75) is 28.5 Å². The van der Waals surface area contributed by atoms with E-state index in [4.69, 9.17) is 0 Å². The largest absolute Gasteiger partial charge is 0.222 e. The Balaban J connectivity index is 1.89. The molecule has 0 fully saturated rings. The van der Waals surface area contributed by atoms with Crippen LogP contribution in [0.25, 0.3) is 0 Å². The number of thioether (sulfide) groups is 1. The van der Waals surface area contributed by atoms with Crippen molar-refractivity contribution in [1.29, 1.82) is 0 Å². The van der Waals surface area contributed by atoms with E-state index in [-0.39, 0.29) is 4.90 Å². The summed E-state index contributed by atoms with van der Waals surface area (Å²) in [6, 6.07) is 16.1. The highest BCUT2D eigenvalue weighted by Gasteiger charge is 2.38. The molecule has 0 amide bonds. The van der Waals surface area contributed by atoms with Crippen molar-refractivity contribution in [2.24, 2.45) is 5.10 Å². The zero-order valence-electron chi connectivity index (χ0n) is 14.2. The fraction of sp³-hybridized carbons (Fsp3) is 0.167. The zero-order valence-corrected chi connectivity index (χ0v) is 15.8. The summed E-state index contributed by atoms with van der Waals surface area (Å²) in [5.74, 6) is 0.618. The van der Waals surface area contributed by atoms with Gasteiger partial charge in [0.15, 0.2) is 20.2 Å². The van der Waals surface area contributed by atoms with Crippen molar-refractivity contribution >= 4 is 27.3 Å². The fourth-order valence-electron chi connectivity index (χ4n) is 2.70. The molecule has 3 aromatic rings. The van der Waals surface area contributed by atoms with E-state index in [0.717, 1.165) is 22.9 Å². The van der Waals surface area contributed by atoms with Crippen LogP contribution in [0.4, 0.5) is 0 Å². The van der Waals surface area contributed by atoms with Crippen LogP contribution < -0.4 is 0 Å². The van der Waals surface area contributed by atoms with Crippen molar-refractivity contribution in [3.63, 3.8) is 0 Å². The van der Waals surface area contributed by atoms with Gasteiger partial charge in [0.2, 0.25) is 5.16 Å². The van der Waals surface area contributed by atoms with Crippen molar-refractivity contribution in [3.05, 3.63) is 71.5 Å². The second-order valence-electron chi connectivity index (χ2n) is 6.00. The molecule has 0 bridgehead atoms. The number of sulfone groups is 1. The smallest absolute Gasteiger partial charge is 0.213 e. The minimum atomic E-state index is -3.65. The molecule has 2 aromatic carbocycles. The molecule has 1 unspecified atom stereocenters. The maximum atomic E-state index is 13.3. The summed E-state index contributed by atoms with van der Waals surface area (Å²) in [7, 11) is -3.65. The van der Waals surface area contributed by atoms with Gasteiger partial charge in [-0.15, -0.1) is 10.2 Å². The first-order chi connectivity index (χ1) is 12.5. The van der Waals surface area contributed by atoms with E-state index >= 15 is 0 Å². The van der Waals surface area contributed by atoms with Gasteiger partial charge in [-0.3, -0.25) is 0 Å². The van der Waals surface area contributed by atoms with E-state index in [2.05, 4.69) is 15.3 Å². The first-order valence-corrected chi connectivity index (χ1v) is 10.4. The third-order valence-corrected chi connectivity index (χ3v) is 7.78. The van der Waals surface area contributed by atoms with Crippen LogP contribution in [0.5, 0.6) is 0 Å². The Morgan fingerprint density at radius 3 is 2.35 bits per heavy atom. The number of aromatic nitrogens is 3. The Morgan fingerprint density at radius 2 is 1.65 bits per heavy atom. The molecule has 0 spiro atoms. The lowest BCUT2D eigenvalue weighted by Gasteiger charge is -2.23. The number of hydrogen-bond acceptors (Lipinski definition) is 6. The van der Waals surface area contributed by atoms with Crippen LogP contribution >= 0.6 is 11.8 Å². The molecule has 26 heavy (non-hydrogen) atoms. The van der Waals surface area contributed by atoms with Gasteiger partial charge in [-0.25, -0.2) is 8.42 Å². The van der Waals surface area contributed by atoms with E-state index in [0.29, 0.717) is 16.7 Å². The maximum absolute atomic E-state index is 13.3. The van der Waals surface area contributed by atoms with Crippen LogP contribution in [0, 0.1) is 13.8 Å². The van der Waals surface area contributed by atoms with Gasteiger partial charge in [0.25, 0.3) is 0 Å². The predicted molar refractivity (Wildman–Crippen MR) is 101 cm³/mol. The standard InChI is InChI=1S/C18H16N4O2S2/c1-12-8-10-14(11-9-12)16-17(25-18-20-19-13(2)22(18)21-16)26(23,24)15-6-4-3-5-7-15/h3-11,17H,1-2H3. The molecule has 4 rings (SSSR count). The van der Waals surface area contributed by atoms with E-state index < -0.39 is 14.4 Å². The summed E-state index contributed by atoms with van der Waals surface area (Å²) >= 11 is 1.16. The van der Waals surface area contributed by atoms with Crippen LogP contribution in [0.15, 0.2) is 69.8 Å². The third kappa shape index (κ3) is 2.85. The maximum Gasteiger partial charge on any atom is 0.213 e. The molecule has 0 saturated heterocycles. The molecular weight excluding hydrogens is 368 g/mol. The highest BCUT2D eigenvalue weighted by atomic mass is 32.3. The minimum Gasteiger partial charge on any atom is -0.222 e. The molecule has 0 aliphatic carbocycles. The Bertz CT molecular complexity index is 1090. The lowest BCUT2D eigenvalue weighted by atomic mass is 10.1.